The Bertz CT molecular complexity index is 974. The molecule has 2 aliphatic carbocycles. The number of aliphatic hydroxyl groups is 2. The summed E-state index contributed by atoms with van der Waals surface area (Å²) in [6, 6.07) is 0. The Morgan fingerprint density at radius 1 is 0.651 bits per heavy atom. The molecule has 0 unspecified atom stereocenters. The predicted octanol–water partition coefficient (Wildman–Crippen LogP) is 5.94. The summed E-state index contributed by atoms with van der Waals surface area (Å²) in [4.78, 5) is 11.9. The van der Waals surface area contributed by atoms with Crippen molar-refractivity contribution in [3.63, 3.8) is 0 Å². The van der Waals surface area contributed by atoms with Crippen molar-refractivity contribution >= 4 is 0 Å². The van der Waals surface area contributed by atoms with Crippen molar-refractivity contribution in [2.45, 2.75) is 153 Å². The Morgan fingerprint density at radius 2 is 1.21 bits per heavy atom. The third-order valence-corrected chi connectivity index (χ3v) is 12.8. The summed E-state index contributed by atoms with van der Waals surface area (Å²) in [7, 11) is 0. The van der Waals surface area contributed by atoms with E-state index in [1.165, 1.54) is 12.8 Å². The molecule has 0 amide bonds. The van der Waals surface area contributed by atoms with E-state index in [9.17, 15) is 10.2 Å². The maximum atomic E-state index is 11.6. The zero-order chi connectivity index (χ0) is 30.2. The Balaban J connectivity index is 0.000000167. The smallest absolute Gasteiger partial charge is 0.201 e. The third kappa shape index (κ3) is 5.70. The molecule has 8 aliphatic rings. The average Bonchev–Trinajstić information content (AvgIpc) is 3.23. The molecule has 43 heavy (non-hydrogen) atoms. The van der Waals surface area contributed by atoms with E-state index in [-0.39, 0.29) is 69.0 Å². The summed E-state index contributed by atoms with van der Waals surface area (Å²) < 4.78 is 24.5. The van der Waals surface area contributed by atoms with Crippen LogP contribution in [0.3, 0.4) is 0 Å². The van der Waals surface area contributed by atoms with Crippen molar-refractivity contribution in [2.75, 3.05) is 0 Å². The standard InChI is InChI=1S/C17H27O4.C17H29O4.Y/c1-5-14-11(3)13-7-6-10(2)12-8-9-16(4)19-15(18-14)17(12,13)21-20-16;1-5-14-11(3)13-7-6-10(2)12-8-9-16(4,18)21-15(20-14)17(12,13)19;/h10-15H,1,5-9H2,2-4H3;10-15,18-19H,1,5-9H2,2-4H3;/q2*-1;/t10-,11-,12+,13+,14-,15-,16+,17-;10-,11-,12+,13+,14-,15-,16-,17-;/m11./s1. The SMILES string of the molecule is [CH2-]C[C@H]1O[C@@H]2O[C@@](C)(O)CC[C@H]3[C@H](C)CC[C@@H]([C@H]1C)[C@@]23O.[CH2-]C[C@H]1O[C@@H]2O[C@]3(C)CC[C@H]4[C@H](C)CC[C@@H]([C@H]1C)[C@@]24OO3.[Y]. The van der Waals surface area contributed by atoms with E-state index in [2.05, 4.69) is 41.5 Å². The second-order valence-electron chi connectivity index (χ2n) is 15.4. The largest absolute Gasteiger partial charge is 0.384 e. The van der Waals surface area contributed by atoms with Crippen LogP contribution in [0.5, 0.6) is 0 Å². The summed E-state index contributed by atoms with van der Waals surface area (Å²) in [5.41, 5.74) is -1.40. The van der Waals surface area contributed by atoms with Gasteiger partial charge in [-0.15, -0.1) is 0 Å². The maximum Gasteiger partial charge on any atom is 0.201 e. The van der Waals surface area contributed by atoms with Gasteiger partial charge in [0.05, 0.1) is 0 Å². The minimum atomic E-state index is -1.23. The van der Waals surface area contributed by atoms with Crippen LogP contribution in [0.25, 0.3) is 0 Å². The van der Waals surface area contributed by atoms with Gasteiger partial charge >= 0.3 is 0 Å². The van der Waals surface area contributed by atoms with Crippen LogP contribution in [0.2, 0.25) is 0 Å². The van der Waals surface area contributed by atoms with Gasteiger partial charge in [-0.2, -0.15) is 12.8 Å². The van der Waals surface area contributed by atoms with E-state index < -0.39 is 29.1 Å². The number of ether oxygens (including phenoxy) is 4. The molecule has 8 rings (SSSR count). The normalized spacial score (nSPS) is 57.1. The minimum absolute atomic E-state index is 0. The van der Waals surface area contributed by atoms with E-state index in [1.54, 1.807) is 6.92 Å². The molecule has 245 valence electrons. The molecule has 0 aromatic carbocycles. The molecule has 1 spiro atoms. The van der Waals surface area contributed by atoms with E-state index >= 15 is 0 Å². The first kappa shape index (κ1) is 35.1. The first-order valence-corrected chi connectivity index (χ1v) is 16.9. The minimum Gasteiger partial charge on any atom is -0.384 e. The molecule has 2 N–H and O–H groups in total. The molecule has 2 bridgehead atoms. The summed E-state index contributed by atoms with van der Waals surface area (Å²) in [5, 5.41) is 22.0. The molecule has 9 heteroatoms. The van der Waals surface area contributed by atoms with Crippen LogP contribution in [0.15, 0.2) is 0 Å². The van der Waals surface area contributed by atoms with Crippen LogP contribution in [-0.2, 0) is 61.4 Å². The molecule has 6 aliphatic heterocycles. The van der Waals surface area contributed by atoms with Crippen LogP contribution in [0, 0.1) is 61.2 Å². The molecular formula is C34H56O8Y-2. The Kier molecular flexibility index (Phi) is 10.3. The number of hydrogen-bond acceptors (Lipinski definition) is 8. The molecule has 8 fully saturated rings. The van der Waals surface area contributed by atoms with Crippen molar-refractivity contribution in [1.29, 1.82) is 0 Å². The summed E-state index contributed by atoms with van der Waals surface area (Å²) in [6.45, 7) is 20.7. The van der Waals surface area contributed by atoms with Crippen LogP contribution < -0.4 is 0 Å². The van der Waals surface area contributed by atoms with Gasteiger partial charge in [0.1, 0.15) is 5.60 Å². The van der Waals surface area contributed by atoms with Gasteiger partial charge in [-0.3, -0.25) is 0 Å². The van der Waals surface area contributed by atoms with Crippen LogP contribution in [0.4, 0.5) is 0 Å². The van der Waals surface area contributed by atoms with Crippen molar-refractivity contribution in [3.05, 3.63) is 13.8 Å². The fraction of sp³-hybridized carbons (Fsp3) is 0.941. The van der Waals surface area contributed by atoms with Gasteiger partial charge in [-0.1, -0.05) is 27.7 Å². The molecule has 2 saturated carbocycles. The molecule has 16 atom stereocenters. The quantitative estimate of drug-likeness (QED) is 0.273. The second-order valence-corrected chi connectivity index (χ2v) is 15.4. The Labute approximate surface area is 284 Å². The average molecular weight is 682 g/mol. The first-order chi connectivity index (χ1) is 19.8. The molecule has 6 saturated heterocycles. The number of rotatable bonds is 2. The van der Waals surface area contributed by atoms with Crippen molar-refractivity contribution in [1.82, 2.24) is 0 Å². The molecule has 6 heterocycles. The van der Waals surface area contributed by atoms with Gasteiger partial charge < -0.3 is 43.0 Å². The van der Waals surface area contributed by atoms with E-state index in [4.69, 9.17) is 28.7 Å². The van der Waals surface area contributed by atoms with Gasteiger partial charge in [0.15, 0.2) is 24.0 Å². The number of fused-ring (bicyclic) bond motifs is 2. The second kappa shape index (κ2) is 12.7. The van der Waals surface area contributed by atoms with Crippen molar-refractivity contribution in [2.24, 2.45) is 47.3 Å². The van der Waals surface area contributed by atoms with E-state index in [0.717, 1.165) is 38.5 Å². The fourth-order valence-electron chi connectivity index (χ4n) is 10.3. The van der Waals surface area contributed by atoms with Crippen molar-refractivity contribution < 1.29 is 71.6 Å². The van der Waals surface area contributed by atoms with Gasteiger partial charge in [-0.25, -0.2) is 9.78 Å². The zero-order valence-corrected chi connectivity index (χ0v) is 30.2. The molecule has 8 nitrogen and oxygen atoms in total. The van der Waals surface area contributed by atoms with Gasteiger partial charge in [-0.05, 0) is 93.8 Å². The maximum absolute atomic E-state index is 11.6. The van der Waals surface area contributed by atoms with Crippen LogP contribution in [0.1, 0.15) is 106 Å². The molecule has 1 radical (unpaired) electrons. The van der Waals surface area contributed by atoms with E-state index in [1.807, 2.05) is 6.92 Å². The van der Waals surface area contributed by atoms with Crippen molar-refractivity contribution in [3.8, 4) is 0 Å². The predicted molar refractivity (Wildman–Crippen MR) is 156 cm³/mol. The first-order valence-electron chi connectivity index (χ1n) is 16.9. The van der Waals surface area contributed by atoms with Crippen LogP contribution in [-0.4, -0.2) is 57.8 Å². The third-order valence-electron chi connectivity index (χ3n) is 12.8. The van der Waals surface area contributed by atoms with Gasteiger partial charge in [0.2, 0.25) is 5.79 Å². The summed E-state index contributed by atoms with van der Waals surface area (Å²) in [5.74, 6) is 1.06. The van der Waals surface area contributed by atoms with Crippen LogP contribution >= 0.6 is 0 Å². The Hall–Kier alpha value is 0.784. The van der Waals surface area contributed by atoms with Gasteiger partial charge in [0, 0.05) is 63.7 Å². The van der Waals surface area contributed by atoms with Gasteiger partial charge in [0.25, 0.3) is 0 Å². The summed E-state index contributed by atoms with van der Waals surface area (Å²) in [6.07, 6.45) is 8.39. The fourth-order valence-corrected chi connectivity index (χ4v) is 10.3. The zero-order valence-electron chi connectivity index (χ0n) is 27.3. The van der Waals surface area contributed by atoms with E-state index in [0.29, 0.717) is 42.4 Å². The summed E-state index contributed by atoms with van der Waals surface area (Å²) >= 11 is 0. The molecular weight excluding hydrogens is 625 g/mol. The number of hydrogen-bond donors (Lipinski definition) is 2. The monoisotopic (exact) mass is 681 g/mol. The molecule has 0 aromatic rings. The molecule has 0 aromatic heterocycles. The topological polar surface area (TPSA) is 95.8 Å². The Morgan fingerprint density at radius 3 is 1.86 bits per heavy atom.